The Morgan fingerprint density at radius 2 is 2.15 bits per heavy atom. The summed E-state index contributed by atoms with van der Waals surface area (Å²) in [4.78, 5) is 25.9. The van der Waals surface area contributed by atoms with Gasteiger partial charge in [-0.05, 0) is 25.1 Å². The number of carbonyl (C=O) groups is 2. The topological polar surface area (TPSA) is 101 Å². The molecule has 132 valence electrons. The molecule has 0 bridgehead atoms. The van der Waals surface area contributed by atoms with Gasteiger partial charge in [-0.15, -0.1) is 10.2 Å². The summed E-state index contributed by atoms with van der Waals surface area (Å²) in [6, 6.07) is 8.92. The van der Waals surface area contributed by atoms with Crippen LogP contribution in [0.15, 0.2) is 50.7 Å². The Labute approximate surface area is 152 Å². The highest BCUT2D eigenvalue weighted by molar-refractivity contribution is 7.99. The van der Waals surface area contributed by atoms with Gasteiger partial charge < -0.3 is 19.1 Å². The maximum absolute atomic E-state index is 12.6. The minimum atomic E-state index is -0.224. The normalized spacial score (nSPS) is 13.4. The van der Waals surface area contributed by atoms with Gasteiger partial charge in [-0.3, -0.25) is 9.59 Å². The number of rotatable bonds is 4. The van der Waals surface area contributed by atoms with Gasteiger partial charge in [0.2, 0.25) is 11.8 Å². The van der Waals surface area contributed by atoms with E-state index in [0.29, 0.717) is 23.0 Å². The Morgan fingerprint density at radius 1 is 1.31 bits per heavy atom. The first-order valence-corrected chi connectivity index (χ1v) is 8.80. The van der Waals surface area contributed by atoms with Crippen LogP contribution in [0.2, 0.25) is 0 Å². The first-order chi connectivity index (χ1) is 12.6. The van der Waals surface area contributed by atoms with Gasteiger partial charge >= 0.3 is 0 Å². The van der Waals surface area contributed by atoms with Crippen LogP contribution in [0, 0.1) is 6.92 Å². The van der Waals surface area contributed by atoms with Crippen molar-refractivity contribution in [2.24, 2.45) is 0 Å². The molecule has 26 heavy (non-hydrogen) atoms. The number of hydrogen-bond acceptors (Lipinski definition) is 7. The lowest BCUT2D eigenvalue weighted by Gasteiger charge is -2.28. The fraction of sp³-hybridized carbons (Fsp3) is 0.176. The third-order valence-electron chi connectivity index (χ3n) is 3.89. The predicted molar refractivity (Wildman–Crippen MR) is 94.9 cm³/mol. The van der Waals surface area contributed by atoms with Crippen LogP contribution in [0.1, 0.15) is 5.76 Å². The lowest BCUT2D eigenvalue weighted by atomic mass is 10.2. The van der Waals surface area contributed by atoms with Crippen molar-refractivity contribution in [3.8, 4) is 11.5 Å². The number of nitrogens with zero attached hydrogens (tertiary/aromatic N) is 3. The second-order valence-electron chi connectivity index (χ2n) is 5.60. The summed E-state index contributed by atoms with van der Waals surface area (Å²) >= 11 is 1.13. The highest BCUT2D eigenvalue weighted by atomic mass is 32.2. The van der Waals surface area contributed by atoms with Gasteiger partial charge in [0.1, 0.15) is 12.3 Å². The number of aryl methyl sites for hydroxylation is 1. The second-order valence-corrected chi connectivity index (χ2v) is 6.52. The number of furan rings is 1. The summed E-state index contributed by atoms with van der Waals surface area (Å²) in [6.07, 6.45) is 1.55. The van der Waals surface area contributed by atoms with Crippen molar-refractivity contribution in [3.63, 3.8) is 0 Å². The van der Waals surface area contributed by atoms with Crippen LogP contribution in [0.4, 0.5) is 11.4 Å². The number of amides is 2. The molecule has 0 fully saturated rings. The zero-order valence-corrected chi connectivity index (χ0v) is 14.6. The molecule has 3 heterocycles. The maximum Gasteiger partial charge on any atom is 0.277 e. The molecular formula is C17H14N4O4S. The smallest absolute Gasteiger partial charge is 0.277 e. The molecule has 1 aromatic carbocycles. The largest absolute Gasteiger partial charge is 0.469 e. The lowest BCUT2D eigenvalue weighted by molar-refractivity contribution is -0.120. The average molecular weight is 370 g/mol. The van der Waals surface area contributed by atoms with Crippen molar-refractivity contribution in [2.75, 3.05) is 22.5 Å². The molecule has 1 aliphatic heterocycles. The number of thioether (sulfide) groups is 1. The molecular weight excluding hydrogens is 356 g/mol. The molecule has 0 radical (unpaired) electrons. The van der Waals surface area contributed by atoms with Gasteiger partial charge in [0, 0.05) is 0 Å². The minimum absolute atomic E-state index is 0.0142. The van der Waals surface area contributed by atoms with Crippen LogP contribution in [0.3, 0.4) is 0 Å². The summed E-state index contributed by atoms with van der Waals surface area (Å²) in [5.74, 6) is 0.661. The predicted octanol–water partition coefficient (Wildman–Crippen LogP) is 2.72. The highest BCUT2D eigenvalue weighted by Gasteiger charge is 2.27. The van der Waals surface area contributed by atoms with E-state index in [1.165, 1.54) is 4.90 Å². The van der Waals surface area contributed by atoms with E-state index < -0.39 is 0 Å². The molecule has 1 aliphatic rings. The summed E-state index contributed by atoms with van der Waals surface area (Å²) in [5.41, 5.74) is 2.02. The lowest BCUT2D eigenvalue weighted by Crippen LogP contribution is -2.43. The zero-order chi connectivity index (χ0) is 18.1. The van der Waals surface area contributed by atoms with E-state index in [2.05, 4.69) is 15.5 Å². The SMILES string of the molecule is Cc1occc1-c1nnc(SCC(=O)N2CC(=O)Nc3ccccc32)o1. The molecule has 2 aromatic heterocycles. The van der Waals surface area contributed by atoms with E-state index >= 15 is 0 Å². The molecule has 0 spiro atoms. The van der Waals surface area contributed by atoms with Crippen molar-refractivity contribution in [2.45, 2.75) is 12.1 Å². The Morgan fingerprint density at radius 3 is 2.96 bits per heavy atom. The van der Waals surface area contributed by atoms with Gasteiger partial charge in [0.15, 0.2) is 0 Å². The molecule has 9 heteroatoms. The standard InChI is InChI=1S/C17H14N4O4S/c1-10-11(6-7-24-10)16-19-20-17(25-16)26-9-15(23)21-8-14(22)18-12-4-2-3-5-13(12)21/h2-7H,8-9H2,1H3,(H,18,22). The van der Waals surface area contributed by atoms with Crippen molar-refractivity contribution >= 4 is 35.0 Å². The number of aromatic nitrogens is 2. The number of fused-ring (bicyclic) bond motifs is 1. The molecule has 1 N–H and O–H groups in total. The Bertz CT molecular complexity index is 981. The monoisotopic (exact) mass is 370 g/mol. The van der Waals surface area contributed by atoms with E-state index in [4.69, 9.17) is 8.83 Å². The van der Waals surface area contributed by atoms with Crippen LogP contribution in [-0.4, -0.2) is 34.3 Å². The van der Waals surface area contributed by atoms with E-state index in [0.717, 1.165) is 17.3 Å². The highest BCUT2D eigenvalue weighted by Crippen LogP contribution is 2.30. The minimum Gasteiger partial charge on any atom is -0.469 e. The van der Waals surface area contributed by atoms with Gasteiger partial charge in [-0.2, -0.15) is 0 Å². The number of nitrogens with one attached hydrogen (secondary N) is 1. The fourth-order valence-corrected chi connectivity index (χ4v) is 3.28. The molecule has 0 aliphatic carbocycles. The number of para-hydroxylation sites is 2. The molecule has 0 atom stereocenters. The number of hydrogen-bond donors (Lipinski definition) is 1. The second kappa shape index (κ2) is 6.68. The Hall–Kier alpha value is -3.07. The third-order valence-corrected chi connectivity index (χ3v) is 4.69. The maximum atomic E-state index is 12.6. The van der Waals surface area contributed by atoms with Crippen molar-refractivity contribution in [1.82, 2.24) is 10.2 Å². The summed E-state index contributed by atoms with van der Waals surface area (Å²) in [5, 5.41) is 11.0. The number of anilines is 2. The van der Waals surface area contributed by atoms with Crippen molar-refractivity contribution in [1.29, 1.82) is 0 Å². The van der Waals surface area contributed by atoms with Crippen LogP contribution < -0.4 is 10.2 Å². The van der Waals surface area contributed by atoms with Crippen LogP contribution in [-0.2, 0) is 9.59 Å². The van der Waals surface area contributed by atoms with E-state index in [1.807, 2.05) is 6.07 Å². The number of benzene rings is 1. The summed E-state index contributed by atoms with van der Waals surface area (Å²) in [7, 11) is 0. The van der Waals surface area contributed by atoms with Crippen LogP contribution in [0.25, 0.3) is 11.5 Å². The van der Waals surface area contributed by atoms with Gasteiger partial charge in [0.05, 0.1) is 29.0 Å². The molecule has 0 unspecified atom stereocenters. The summed E-state index contributed by atoms with van der Waals surface area (Å²) < 4.78 is 10.8. The molecule has 8 nitrogen and oxygen atoms in total. The van der Waals surface area contributed by atoms with Gasteiger partial charge in [-0.1, -0.05) is 23.9 Å². The Kier molecular flexibility index (Phi) is 4.21. The quantitative estimate of drug-likeness (QED) is 0.705. The first kappa shape index (κ1) is 16.4. The van der Waals surface area contributed by atoms with Gasteiger partial charge in [0.25, 0.3) is 11.1 Å². The average Bonchev–Trinajstić information content (AvgIpc) is 3.27. The van der Waals surface area contributed by atoms with Crippen LogP contribution in [0.5, 0.6) is 0 Å². The number of carbonyl (C=O) groups excluding carboxylic acids is 2. The third kappa shape index (κ3) is 3.08. The molecule has 4 rings (SSSR count). The molecule has 2 amide bonds. The van der Waals surface area contributed by atoms with Crippen LogP contribution >= 0.6 is 11.8 Å². The Balaban J connectivity index is 1.46. The van der Waals surface area contributed by atoms with Crippen molar-refractivity contribution in [3.05, 3.63) is 42.4 Å². The first-order valence-electron chi connectivity index (χ1n) is 7.82. The van der Waals surface area contributed by atoms with E-state index in [-0.39, 0.29) is 29.3 Å². The summed E-state index contributed by atoms with van der Waals surface area (Å²) in [6.45, 7) is 1.79. The molecule has 0 saturated carbocycles. The fourth-order valence-electron chi connectivity index (χ4n) is 2.64. The molecule has 0 saturated heterocycles. The van der Waals surface area contributed by atoms with E-state index in [1.54, 1.807) is 37.5 Å². The zero-order valence-electron chi connectivity index (χ0n) is 13.8. The molecule has 3 aromatic rings. The van der Waals surface area contributed by atoms with Gasteiger partial charge in [-0.25, -0.2) is 0 Å². The van der Waals surface area contributed by atoms with Crippen molar-refractivity contribution < 1.29 is 18.4 Å². The van der Waals surface area contributed by atoms with E-state index in [9.17, 15) is 9.59 Å².